The lowest BCUT2D eigenvalue weighted by molar-refractivity contribution is -0.131. The van der Waals surface area contributed by atoms with Gasteiger partial charge in [0.15, 0.2) is 0 Å². The molecule has 0 spiro atoms. The summed E-state index contributed by atoms with van der Waals surface area (Å²) >= 11 is 0. The maximum atomic E-state index is 11.9. The van der Waals surface area contributed by atoms with E-state index in [1.807, 2.05) is 9.47 Å². The summed E-state index contributed by atoms with van der Waals surface area (Å²) in [4.78, 5) is 25.6. The van der Waals surface area contributed by atoms with Crippen LogP contribution in [0, 0.1) is 0 Å². The molecule has 1 aromatic rings. The number of nitrogens with zero attached hydrogens (tertiary/aromatic N) is 4. The predicted octanol–water partition coefficient (Wildman–Crippen LogP) is 1.31. The molecule has 7 nitrogen and oxygen atoms in total. The van der Waals surface area contributed by atoms with Gasteiger partial charge in [-0.2, -0.15) is 0 Å². The third kappa shape index (κ3) is 5.33. The van der Waals surface area contributed by atoms with Gasteiger partial charge in [-0.3, -0.25) is 9.59 Å². The fourth-order valence-corrected chi connectivity index (χ4v) is 2.79. The first-order chi connectivity index (χ1) is 11.1. The number of likely N-dealkylation sites (tertiary alicyclic amines) is 1. The average molecular weight is 321 g/mol. The molecule has 2 rings (SSSR count). The standard InChI is InChI=1S/C16H27N5O2/c1-13(2)21-12-18-19-14(21)7-9-17-15(22)8-11-20-10-5-3-4-6-16(20)23/h12-13H,3-11H2,1-2H3,(H,17,22). The van der Waals surface area contributed by atoms with Gasteiger partial charge >= 0.3 is 0 Å². The highest BCUT2D eigenvalue weighted by Gasteiger charge is 2.17. The Morgan fingerprint density at radius 2 is 2.17 bits per heavy atom. The number of rotatable bonds is 7. The first kappa shape index (κ1) is 17.4. The molecule has 1 aromatic heterocycles. The van der Waals surface area contributed by atoms with Crippen LogP contribution >= 0.6 is 0 Å². The number of aromatic nitrogens is 3. The molecule has 1 saturated heterocycles. The molecule has 1 N–H and O–H groups in total. The minimum Gasteiger partial charge on any atom is -0.356 e. The quantitative estimate of drug-likeness (QED) is 0.821. The zero-order valence-electron chi connectivity index (χ0n) is 14.1. The number of hydrogen-bond acceptors (Lipinski definition) is 4. The molecule has 0 saturated carbocycles. The second kappa shape index (κ2) is 8.64. The van der Waals surface area contributed by atoms with Crippen molar-refractivity contribution in [2.45, 2.75) is 58.4 Å². The Bertz CT molecular complexity index is 526. The van der Waals surface area contributed by atoms with E-state index in [1.165, 1.54) is 0 Å². The number of carbonyl (C=O) groups is 2. The van der Waals surface area contributed by atoms with E-state index >= 15 is 0 Å². The molecular weight excluding hydrogens is 294 g/mol. The van der Waals surface area contributed by atoms with Crippen molar-refractivity contribution in [2.24, 2.45) is 0 Å². The molecule has 2 heterocycles. The lowest BCUT2D eigenvalue weighted by Gasteiger charge is -2.20. The van der Waals surface area contributed by atoms with Gasteiger partial charge in [-0.15, -0.1) is 10.2 Å². The summed E-state index contributed by atoms with van der Waals surface area (Å²) in [6.07, 6.45) is 6.47. The van der Waals surface area contributed by atoms with Crippen LogP contribution in [0.2, 0.25) is 0 Å². The van der Waals surface area contributed by atoms with Crippen LogP contribution < -0.4 is 5.32 Å². The van der Waals surface area contributed by atoms with Crippen LogP contribution in [0.1, 0.15) is 57.8 Å². The second-order valence-electron chi connectivity index (χ2n) is 6.29. The van der Waals surface area contributed by atoms with Gasteiger partial charge in [0.25, 0.3) is 0 Å². The van der Waals surface area contributed by atoms with Gasteiger partial charge in [0.2, 0.25) is 11.8 Å². The molecule has 2 amide bonds. The molecule has 7 heteroatoms. The maximum Gasteiger partial charge on any atom is 0.222 e. The van der Waals surface area contributed by atoms with Gasteiger partial charge in [-0.05, 0) is 26.7 Å². The predicted molar refractivity (Wildman–Crippen MR) is 86.8 cm³/mol. The van der Waals surface area contributed by atoms with Crippen LogP contribution in [0.25, 0.3) is 0 Å². The lowest BCUT2D eigenvalue weighted by Crippen LogP contribution is -2.35. The van der Waals surface area contributed by atoms with Crippen LogP contribution in [-0.2, 0) is 16.0 Å². The third-order valence-corrected chi connectivity index (χ3v) is 4.15. The Morgan fingerprint density at radius 3 is 2.96 bits per heavy atom. The van der Waals surface area contributed by atoms with Gasteiger partial charge in [0.1, 0.15) is 12.2 Å². The zero-order chi connectivity index (χ0) is 16.7. The minimum atomic E-state index is -0.0161. The van der Waals surface area contributed by atoms with Crippen molar-refractivity contribution in [2.75, 3.05) is 19.6 Å². The lowest BCUT2D eigenvalue weighted by atomic mass is 10.2. The Kier molecular flexibility index (Phi) is 6.55. The van der Waals surface area contributed by atoms with Crippen molar-refractivity contribution in [1.29, 1.82) is 0 Å². The fourth-order valence-electron chi connectivity index (χ4n) is 2.79. The van der Waals surface area contributed by atoms with E-state index in [2.05, 4.69) is 29.4 Å². The van der Waals surface area contributed by atoms with Gasteiger partial charge in [-0.25, -0.2) is 0 Å². The normalized spacial score (nSPS) is 15.8. The van der Waals surface area contributed by atoms with E-state index in [9.17, 15) is 9.59 Å². The molecule has 0 aliphatic carbocycles. The second-order valence-corrected chi connectivity index (χ2v) is 6.29. The molecule has 0 unspecified atom stereocenters. The number of hydrogen-bond donors (Lipinski definition) is 1. The molecular formula is C16H27N5O2. The van der Waals surface area contributed by atoms with Crippen molar-refractivity contribution in [3.05, 3.63) is 12.2 Å². The van der Waals surface area contributed by atoms with Gasteiger partial charge in [-0.1, -0.05) is 6.42 Å². The Balaban J connectivity index is 1.68. The summed E-state index contributed by atoms with van der Waals surface area (Å²) in [6, 6.07) is 0.310. The van der Waals surface area contributed by atoms with E-state index in [0.717, 1.165) is 31.6 Å². The SMILES string of the molecule is CC(C)n1cnnc1CCNC(=O)CCN1CCCCCC1=O. The summed E-state index contributed by atoms with van der Waals surface area (Å²) < 4.78 is 2.00. The van der Waals surface area contributed by atoms with Gasteiger partial charge in [0.05, 0.1) is 0 Å². The minimum absolute atomic E-state index is 0.0161. The van der Waals surface area contributed by atoms with Crippen molar-refractivity contribution < 1.29 is 9.59 Å². The number of nitrogens with one attached hydrogen (secondary N) is 1. The summed E-state index contributed by atoms with van der Waals surface area (Å²) in [7, 11) is 0. The van der Waals surface area contributed by atoms with Crippen LogP contribution in [0.3, 0.4) is 0 Å². The third-order valence-electron chi connectivity index (χ3n) is 4.15. The van der Waals surface area contributed by atoms with E-state index in [4.69, 9.17) is 0 Å². The highest BCUT2D eigenvalue weighted by Crippen LogP contribution is 2.11. The smallest absolute Gasteiger partial charge is 0.222 e. The summed E-state index contributed by atoms with van der Waals surface area (Å²) in [5.74, 6) is 1.04. The van der Waals surface area contributed by atoms with Crippen LogP contribution in [0.4, 0.5) is 0 Å². The molecule has 0 bridgehead atoms. The molecule has 1 fully saturated rings. The molecule has 0 radical (unpaired) electrons. The topological polar surface area (TPSA) is 80.1 Å². The monoisotopic (exact) mass is 321 g/mol. The molecule has 1 aliphatic rings. The summed E-state index contributed by atoms with van der Waals surface area (Å²) in [6.45, 7) is 5.99. The van der Waals surface area contributed by atoms with Crippen LogP contribution in [-0.4, -0.2) is 51.1 Å². The Hall–Kier alpha value is -1.92. The first-order valence-electron chi connectivity index (χ1n) is 8.51. The van der Waals surface area contributed by atoms with Crippen molar-refractivity contribution in [1.82, 2.24) is 25.0 Å². The Morgan fingerprint density at radius 1 is 1.35 bits per heavy atom. The molecule has 0 atom stereocenters. The molecule has 0 aromatic carbocycles. The van der Waals surface area contributed by atoms with E-state index in [0.29, 0.717) is 38.4 Å². The average Bonchev–Trinajstić information content (AvgIpc) is 2.89. The molecule has 1 aliphatic heterocycles. The van der Waals surface area contributed by atoms with Crippen molar-refractivity contribution in [3.8, 4) is 0 Å². The largest absolute Gasteiger partial charge is 0.356 e. The zero-order valence-corrected chi connectivity index (χ0v) is 14.1. The molecule has 128 valence electrons. The van der Waals surface area contributed by atoms with E-state index in [-0.39, 0.29) is 11.8 Å². The van der Waals surface area contributed by atoms with Gasteiger partial charge in [0, 0.05) is 44.9 Å². The van der Waals surface area contributed by atoms with Crippen molar-refractivity contribution >= 4 is 11.8 Å². The fraction of sp³-hybridized carbons (Fsp3) is 0.750. The highest BCUT2D eigenvalue weighted by molar-refractivity contribution is 5.79. The van der Waals surface area contributed by atoms with Gasteiger partial charge < -0.3 is 14.8 Å². The number of amides is 2. The van der Waals surface area contributed by atoms with E-state index < -0.39 is 0 Å². The summed E-state index contributed by atoms with van der Waals surface area (Å²) in [5.41, 5.74) is 0. The van der Waals surface area contributed by atoms with Crippen LogP contribution in [0.15, 0.2) is 6.33 Å². The maximum absolute atomic E-state index is 11.9. The van der Waals surface area contributed by atoms with E-state index in [1.54, 1.807) is 6.33 Å². The summed E-state index contributed by atoms with van der Waals surface area (Å²) in [5, 5.41) is 10.9. The first-order valence-corrected chi connectivity index (χ1v) is 8.51. The number of carbonyl (C=O) groups excluding carboxylic acids is 2. The highest BCUT2D eigenvalue weighted by atomic mass is 16.2. The van der Waals surface area contributed by atoms with Crippen molar-refractivity contribution in [3.63, 3.8) is 0 Å². The Labute approximate surface area is 137 Å². The van der Waals surface area contributed by atoms with Crippen LogP contribution in [0.5, 0.6) is 0 Å². The molecule has 23 heavy (non-hydrogen) atoms.